The van der Waals surface area contributed by atoms with Gasteiger partial charge in [0.15, 0.2) is 34.8 Å². The van der Waals surface area contributed by atoms with E-state index < -0.39 is 30.4 Å². The standard InChI is InChI=1S/C21H24FN5O4/c22-13-7-3-4-8-14(13)30-9-15-17(28)18(29)21(31-15)27-11-25-16-19(23-10-24-20(16)27)26-12-5-1-2-6-12/h3-4,7-8,10-12,15,17-18,21,28-29H,1-2,5-6,9H2,(H,23,24,26)/t15-,17-,18-,21-/m1/s1. The predicted octanol–water partition coefficient (Wildman–Crippen LogP) is 2.02. The molecule has 0 unspecified atom stereocenters. The molecule has 1 saturated carbocycles. The molecule has 10 heteroatoms. The number of benzene rings is 1. The third-order valence-electron chi connectivity index (χ3n) is 5.91. The van der Waals surface area contributed by atoms with Gasteiger partial charge >= 0.3 is 0 Å². The lowest BCUT2D eigenvalue weighted by atomic mass is 10.1. The molecule has 4 atom stereocenters. The molecule has 3 aromatic rings. The molecule has 1 aromatic carbocycles. The van der Waals surface area contributed by atoms with Gasteiger partial charge in [0.25, 0.3) is 0 Å². The third kappa shape index (κ3) is 3.82. The zero-order valence-electron chi connectivity index (χ0n) is 16.8. The van der Waals surface area contributed by atoms with E-state index in [1.807, 2.05) is 0 Å². The van der Waals surface area contributed by atoms with Crippen molar-refractivity contribution in [1.82, 2.24) is 19.5 Å². The van der Waals surface area contributed by atoms with Crippen molar-refractivity contribution in [3.8, 4) is 5.75 Å². The molecule has 2 aliphatic rings. The number of hydrogen-bond acceptors (Lipinski definition) is 8. The van der Waals surface area contributed by atoms with Crippen LogP contribution in [0.1, 0.15) is 31.9 Å². The van der Waals surface area contributed by atoms with Crippen LogP contribution < -0.4 is 10.1 Å². The summed E-state index contributed by atoms with van der Waals surface area (Å²) in [5.41, 5.74) is 1.06. The Bertz CT molecular complexity index is 1060. The average molecular weight is 429 g/mol. The van der Waals surface area contributed by atoms with Crippen molar-refractivity contribution in [2.75, 3.05) is 11.9 Å². The molecule has 1 aliphatic carbocycles. The number of imidazole rings is 1. The van der Waals surface area contributed by atoms with E-state index in [0.29, 0.717) is 23.0 Å². The van der Waals surface area contributed by atoms with E-state index in [9.17, 15) is 14.6 Å². The third-order valence-corrected chi connectivity index (χ3v) is 5.91. The van der Waals surface area contributed by atoms with Crippen molar-refractivity contribution in [3.05, 3.63) is 42.7 Å². The quantitative estimate of drug-likeness (QED) is 0.545. The zero-order chi connectivity index (χ0) is 21.4. The van der Waals surface area contributed by atoms with Gasteiger partial charge in [-0.25, -0.2) is 19.3 Å². The second-order valence-electron chi connectivity index (χ2n) is 7.96. The number of hydrogen-bond donors (Lipinski definition) is 3. The van der Waals surface area contributed by atoms with Crippen LogP contribution in [0.15, 0.2) is 36.9 Å². The van der Waals surface area contributed by atoms with Gasteiger partial charge in [-0.05, 0) is 25.0 Å². The highest BCUT2D eigenvalue weighted by atomic mass is 19.1. The van der Waals surface area contributed by atoms with Gasteiger partial charge < -0.3 is 25.0 Å². The summed E-state index contributed by atoms with van der Waals surface area (Å²) in [6, 6.07) is 6.34. The summed E-state index contributed by atoms with van der Waals surface area (Å²) in [4.78, 5) is 13.0. The number of halogens is 1. The van der Waals surface area contributed by atoms with Gasteiger partial charge in [0.2, 0.25) is 0 Å². The SMILES string of the molecule is O[C@@H]1[C@H](O)[C@@H](COc2ccccc2F)O[C@H]1n1cnc2c(NC3CCCC3)ncnc21. The predicted molar refractivity (Wildman–Crippen MR) is 109 cm³/mol. The molecule has 2 fully saturated rings. The number of ether oxygens (including phenoxy) is 2. The molecule has 0 bridgehead atoms. The van der Waals surface area contributed by atoms with Crippen LogP contribution in [0.4, 0.5) is 10.2 Å². The van der Waals surface area contributed by atoms with Crippen LogP contribution in [0.3, 0.4) is 0 Å². The molecular weight excluding hydrogens is 405 g/mol. The normalized spacial score (nSPS) is 26.5. The van der Waals surface area contributed by atoms with Crippen LogP contribution in [0.5, 0.6) is 5.75 Å². The summed E-state index contributed by atoms with van der Waals surface area (Å²) < 4.78 is 26.7. The highest BCUT2D eigenvalue weighted by molar-refractivity contribution is 5.82. The molecule has 164 valence electrons. The molecule has 0 spiro atoms. The lowest BCUT2D eigenvalue weighted by Crippen LogP contribution is -2.34. The number of fused-ring (bicyclic) bond motifs is 1. The molecule has 1 saturated heterocycles. The maximum absolute atomic E-state index is 13.8. The van der Waals surface area contributed by atoms with E-state index in [1.54, 1.807) is 16.7 Å². The second-order valence-corrected chi connectivity index (χ2v) is 7.96. The van der Waals surface area contributed by atoms with E-state index in [1.165, 1.54) is 37.6 Å². The molecule has 31 heavy (non-hydrogen) atoms. The van der Waals surface area contributed by atoms with E-state index in [2.05, 4.69) is 20.3 Å². The number of aliphatic hydroxyl groups is 2. The molecule has 2 aromatic heterocycles. The van der Waals surface area contributed by atoms with Gasteiger partial charge in [0.1, 0.15) is 31.2 Å². The Morgan fingerprint density at radius 2 is 1.94 bits per heavy atom. The van der Waals surface area contributed by atoms with Crippen molar-refractivity contribution >= 4 is 17.0 Å². The van der Waals surface area contributed by atoms with E-state index in [-0.39, 0.29) is 12.4 Å². The van der Waals surface area contributed by atoms with E-state index in [0.717, 1.165) is 12.8 Å². The van der Waals surface area contributed by atoms with Gasteiger partial charge in [0, 0.05) is 6.04 Å². The van der Waals surface area contributed by atoms with Crippen molar-refractivity contribution in [1.29, 1.82) is 0 Å². The first-order valence-corrected chi connectivity index (χ1v) is 10.4. The number of nitrogens with one attached hydrogen (secondary N) is 1. The van der Waals surface area contributed by atoms with Crippen molar-refractivity contribution < 1.29 is 24.1 Å². The minimum absolute atomic E-state index is 0.0553. The number of aromatic nitrogens is 4. The van der Waals surface area contributed by atoms with E-state index >= 15 is 0 Å². The molecule has 3 N–H and O–H groups in total. The van der Waals surface area contributed by atoms with Crippen molar-refractivity contribution in [2.24, 2.45) is 0 Å². The Labute approximate surface area is 177 Å². The van der Waals surface area contributed by atoms with Crippen LogP contribution >= 0.6 is 0 Å². The first kappa shape index (κ1) is 20.1. The van der Waals surface area contributed by atoms with Crippen LogP contribution in [0, 0.1) is 5.82 Å². The number of para-hydroxylation sites is 1. The minimum Gasteiger partial charge on any atom is -0.488 e. The van der Waals surface area contributed by atoms with Crippen molar-refractivity contribution in [3.63, 3.8) is 0 Å². The zero-order valence-corrected chi connectivity index (χ0v) is 16.8. The van der Waals surface area contributed by atoms with Gasteiger partial charge in [-0.15, -0.1) is 0 Å². The topological polar surface area (TPSA) is 115 Å². The van der Waals surface area contributed by atoms with Gasteiger partial charge in [0.05, 0.1) is 6.33 Å². The Morgan fingerprint density at radius 3 is 2.74 bits per heavy atom. The van der Waals surface area contributed by atoms with Gasteiger partial charge in [-0.3, -0.25) is 4.57 Å². The first-order chi connectivity index (χ1) is 15.1. The summed E-state index contributed by atoms with van der Waals surface area (Å²) >= 11 is 0. The Morgan fingerprint density at radius 1 is 1.13 bits per heavy atom. The fraction of sp³-hybridized carbons (Fsp3) is 0.476. The summed E-state index contributed by atoms with van der Waals surface area (Å²) in [6.45, 7) is -0.119. The van der Waals surface area contributed by atoms with Crippen LogP contribution in [0.2, 0.25) is 0 Å². The fourth-order valence-electron chi connectivity index (χ4n) is 4.24. The summed E-state index contributed by atoms with van der Waals surface area (Å²) in [5, 5.41) is 24.5. The summed E-state index contributed by atoms with van der Waals surface area (Å²) in [6.07, 6.45) is 3.30. The van der Waals surface area contributed by atoms with Crippen LogP contribution in [0.25, 0.3) is 11.2 Å². The maximum Gasteiger partial charge on any atom is 0.167 e. The second kappa shape index (κ2) is 8.37. The molecule has 9 nitrogen and oxygen atoms in total. The number of nitrogens with zero attached hydrogens (tertiary/aromatic N) is 4. The van der Waals surface area contributed by atoms with E-state index in [4.69, 9.17) is 9.47 Å². The van der Waals surface area contributed by atoms with Crippen LogP contribution in [-0.2, 0) is 4.74 Å². The number of aliphatic hydroxyl groups excluding tert-OH is 2. The fourth-order valence-corrected chi connectivity index (χ4v) is 4.24. The monoisotopic (exact) mass is 429 g/mol. The molecule has 1 aliphatic heterocycles. The highest BCUT2D eigenvalue weighted by Gasteiger charge is 2.44. The molecule has 5 rings (SSSR count). The molecule has 0 radical (unpaired) electrons. The largest absolute Gasteiger partial charge is 0.488 e. The Kier molecular flexibility index (Phi) is 5.43. The molecular formula is C21H24FN5O4. The Hall–Kier alpha value is -2.82. The number of anilines is 1. The summed E-state index contributed by atoms with van der Waals surface area (Å²) in [7, 11) is 0. The lowest BCUT2D eigenvalue weighted by Gasteiger charge is -2.17. The van der Waals surface area contributed by atoms with Crippen molar-refractivity contribution in [2.45, 2.75) is 56.3 Å². The summed E-state index contributed by atoms with van der Waals surface area (Å²) in [5.74, 6) is 0.189. The lowest BCUT2D eigenvalue weighted by molar-refractivity contribution is -0.0477. The first-order valence-electron chi connectivity index (χ1n) is 10.4. The maximum atomic E-state index is 13.8. The molecule has 0 amide bonds. The highest BCUT2D eigenvalue weighted by Crippen LogP contribution is 2.33. The number of rotatable bonds is 6. The van der Waals surface area contributed by atoms with Gasteiger partial charge in [-0.1, -0.05) is 25.0 Å². The van der Waals surface area contributed by atoms with Gasteiger partial charge in [-0.2, -0.15) is 0 Å². The van der Waals surface area contributed by atoms with Crippen LogP contribution in [-0.4, -0.2) is 60.7 Å². The Balaban J connectivity index is 1.34. The molecule has 3 heterocycles. The minimum atomic E-state index is -1.23. The average Bonchev–Trinajstić information content (AvgIpc) is 3.50. The smallest absolute Gasteiger partial charge is 0.167 e.